The standard InChI is InChI=1S/C105H2/c1-3-5-7-9-11-13-15-17-19-21-23-25-27-29-31-33-35-37-39-41-43-45-47-49-51-53-55-57-59-61-63-65-67-69-71-73-75-77-79-81-83-85-87-89-91-93-95-97-99-101-103-105-104-102-100-98-96-94-92-90-88-86-84-82-80-78-76-74-72-70-68-66-64-62-60-58-56-54-52-50-48-46-44-42-40-38-36-34-32-30-28-26-24-22-20-18-16-14-12-10-8-6-4-2/h1H2/q-2. The Hall–Kier alpha value is -23.0. The number of rotatable bonds is 0. The van der Waals surface area contributed by atoms with Crippen molar-refractivity contribution < 1.29 is 0 Å². The normalized spacial score (nSPS) is 3.95. The highest BCUT2D eigenvalue weighted by molar-refractivity contribution is 5.56. The highest BCUT2D eigenvalue weighted by atomic mass is 13.7. The Bertz CT molecular complexity index is 7450. The van der Waals surface area contributed by atoms with Crippen LogP contribution in [0, 0.1) is 623 Å². The zero-order valence-corrected chi connectivity index (χ0v) is 52.7. The van der Waals surface area contributed by atoms with Gasteiger partial charge in [-0.15, -0.1) is 11.8 Å². The summed E-state index contributed by atoms with van der Waals surface area (Å²) in [4.78, 5) is 0. The molecule has 0 aromatic carbocycles. The minimum atomic E-state index is 1.87. The summed E-state index contributed by atoms with van der Waals surface area (Å²) in [5.41, 5.74) is 0. The molecule has 0 radical (unpaired) electrons. The molecule has 0 fully saturated rings. The molecule has 0 nitrogen and oxygen atoms in total. The molecular weight excluding hydrogens is 1260 g/mol. The maximum absolute atomic E-state index is 6.59. The quantitative estimate of drug-likeness (QED) is 0.247. The third-order valence-corrected chi connectivity index (χ3v) is 6.40. The Balaban J connectivity index is 4.64. The second kappa shape index (κ2) is 81.0. The molecule has 0 unspecified atom stereocenters. The summed E-state index contributed by atoms with van der Waals surface area (Å²) in [5, 5.41) is 0. The van der Waals surface area contributed by atoms with Crippen molar-refractivity contribution in [3.05, 3.63) is 13.3 Å². The molecule has 0 N–H and O–H groups in total. The van der Waals surface area contributed by atoms with Gasteiger partial charge in [0.1, 0.15) is 0 Å². The fourth-order valence-corrected chi connectivity index (χ4v) is 3.17. The summed E-state index contributed by atoms with van der Waals surface area (Å²) < 4.78 is 0. The molecule has 0 aliphatic rings. The summed E-state index contributed by atoms with van der Waals surface area (Å²) in [6.07, 6.45) is 6.59. The van der Waals surface area contributed by atoms with E-state index < -0.39 is 0 Å². The van der Waals surface area contributed by atoms with E-state index in [-0.39, 0.29) is 0 Å². The molecule has 0 heterocycles. The Labute approximate surface area is 619 Å². The molecule has 0 heteroatoms. The van der Waals surface area contributed by atoms with Crippen molar-refractivity contribution in [2.24, 2.45) is 0 Å². The minimum absolute atomic E-state index is 1.87. The lowest BCUT2D eigenvalue weighted by molar-refractivity contribution is 2.31. The van der Waals surface area contributed by atoms with Crippen molar-refractivity contribution in [3.8, 4) is 610 Å². The Kier molecular flexibility index (Phi) is 63.2. The molecule has 0 saturated heterocycles. The van der Waals surface area contributed by atoms with Crippen molar-refractivity contribution in [3.63, 3.8) is 0 Å². The molecular formula is C105H2-2. The predicted octanol–water partition coefficient (Wildman–Crippen LogP) is 0.584. The summed E-state index contributed by atoms with van der Waals surface area (Å²) in [5.74, 6) is 256. The van der Waals surface area contributed by atoms with E-state index in [1.165, 1.54) is 0 Å². The summed E-state index contributed by atoms with van der Waals surface area (Å²) in [7, 11) is 0. The topological polar surface area (TPSA) is 0 Å². The molecule has 0 saturated carbocycles. The third kappa shape index (κ3) is 81.0. The molecule has 0 bridgehead atoms. The van der Waals surface area contributed by atoms with Gasteiger partial charge in [-0.1, -0.05) is 0 Å². The summed E-state index contributed by atoms with van der Waals surface area (Å²) in [6.45, 7) is 3.32. The van der Waals surface area contributed by atoms with Crippen molar-refractivity contribution in [2.45, 2.75) is 0 Å². The molecule has 0 aliphatic carbocycles. The van der Waals surface area contributed by atoms with Crippen LogP contribution in [0.1, 0.15) is 0 Å². The van der Waals surface area contributed by atoms with Gasteiger partial charge >= 0.3 is 0 Å². The van der Waals surface area contributed by atoms with Gasteiger partial charge in [0, 0.05) is 480 Å². The van der Waals surface area contributed by atoms with Gasteiger partial charge in [0.25, 0.3) is 0 Å². The highest BCUT2D eigenvalue weighted by Crippen LogP contribution is 1.68. The van der Waals surface area contributed by atoms with E-state index in [0.29, 0.717) is 0 Å². The first-order valence-corrected chi connectivity index (χ1v) is 26.1. The van der Waals surface area contributed by atoms with Crippen LogP contribution in [0.25, 0.3) is 0 Å². The van der Waals surface area contributed by atoms with Gasteiger partial charge in [0.05, 0.1) is 0 Å². The van der Waals surface area contributed by atoms with Crippen LogP contribution in [-0.2, 0) is 0 Å². The van der Waals surface area contributed by atoms with E-state index >= 15 is 0 Å². The van der Waals surface area contributed by atoms with E-state index in [9.17, 15) is 0 Å². The number of hydrogen-bond donors (Lipinski definition) is 0. The highest BCUT2D eigenvalue weighted by Gasteiger charge is 1.67. The van der Waals surface area contributed by atoms with E-state index in [1.807, 2.05) is 5.92 Å². The Morgan fingerprint density at radius 1 is 0.0762 bits per heavy atom. The zero-order valence-electron chi connectivity index (χ0n) is 52.7. The fourth-order valence-electron chi connectivity index (χ4n) is 3.17. The second-order valence-electron chi connectivity index (χ2n) is 12.9. The monoisotopic (exact) mass is 1260 g/mol. The molecule has 0 aromatic rings. The first kappa shape index (κ1) is 82.0. The second-order valence-corrected chi connectivity index (χ2v) is 12.9. The van der Waals surface area contributed by atoms with Crippen LogP contribution in [-0.4, -0.2) is 0 Å². The average Bonchev–Trinajstić information content (AvgIpc) is 3.78. The van der Waals surface area contributed by atoms with Gasteiger partial charge in [0.15, 0.2) is 0 Å². The van der Waals surface area contributed by atoms with Crippen LogP contribution >= 0.6 is 0 Å². The molecule has 0 aromatic heterocycles. The van der Waals surface area contributed by atoms with Crippen LogP contribution < -0.4 is 0 Å². The smallest absolute Gasteiger partial charge is 0 e. The molecule has 105 heavy (non-hydrogen) atoms. The predicted molar refractivity (Wildman–Crippen MR) is 409 cm³/mol. The van der Waals surface area contributed by atoms with Crippen LogP contribution in [0.3, 0.4) is 0 Å². The van der Waals surface area contributed by atoms with Gasteiger partial charge in [0.2, 0.25) is 0 Å². The van der Waals surface area contributed by atoms with E-state index in [1.54, 1.807) is 0 Å². The summed E-state index contributed by atoms with van der Waals surface area (Å²) in [6, 6.07) is 0. The average molecular weight is 1260 g/mol. The van der Waals surface area contributed by atoms with Crippen molar-refractivity contribution in [1.29, 1.82) is 0 Å². The van der Waals surface area contributed by atoms with Crippen molar-refractivity contribution in [1.82, 2.24) is 0 Å². The zero-order chi connectivity index (χ0) is 74.8. The first-order valence-electron chi connectivity index (χ1n) is 26.1. The largest absolute Gasteiger partial charge is 0.358 e. The van der Waals surface area contributed by atoms with Crippen molar-refractivity contribution >= 4 is 0 Å². The molecule has 0 rings (SSSR count). The lowest BCUT2D eigenvalue weighted by Crippen LogP contribution is -1.57. The van der Waals surface area contributed by atoms with Crippen molar-refractivity contribution in [2.75, 3.05) is 0 Å². The SMILES string of the molecule is [C-]#CC#CC#CC#CC#CC#CC#CC#CC#CC#CC#CC#CC#CC#CC#CC#CC#CC#CC#CC#CC#CC#CC#CC#CC#CC#CC#CC#CC#CC#CC#CC#CC#CC#CC#CC#CC#CC#CC#CC#CC#CC#CC#CC#CC#CC#CC#CC#CC#CC#CC#CC#C[CH2-]. The molecule has 0 aliphatic heterocycles. The lowest BCUT2D eigenvalue weighted by Gasteiger charge is -1.64. The molecule has 424 valence electrons. The van der Waals surface area contributed by atoms with Gasteiger partial charge in [-0.05, 0) is 94.7 Å². The van der Waals surface area contributed by atoms with Crippen LogP contribution in [0.4, 0.5) is 0 Å². The van der Waals surface area contributed by atoms with Crippen LogP contribution in [0.15, 0.2) is 0 Å². The Morgan fingerprint density at radius 2 is 0.124 bits per heavy atom. The van der Waals surface area contributed by atoms with Gasteiger partial charge in [-0.2, -0.15) is 6.92 Å². The third-order valence-electron chi connectivity index (χ3n) is 6.40. The van der Waals surface area contributed by atoms with E-state index in [2.05, 4.69) is 611 Å². The maximum Gasteiger partial charge on any atom is 0 e. The number of hydrogen-bond acceptors (Lipinski definition) is 0. The minimum Gasteiger partial charge on any atom is -0.358 e. The fraction of sp³-hybridized carbons (Fsp3) is 0. The van der Waals surface area contributed by atoms with Crippen LogP contribution in [0.2, 0.25) is 0 Å². The Morgan fingerprint density at radius 3 is 0.171 bits per heavy atom. The van der Waals surface area contributed by atoms with Gasteiger partial charge < -0.3 is 6.42 Å². The van der Waals surface area contributed by atoms with Gasteiger partial charge in [-0.25, -0.2) is 11.8 Å². The lowest BCUT2D eigenvalue weighted by atomic mass is 10.4. The first-order chi connectivity index (χ1) is 52.4. The molecule has 0 spiro atoms. The summed E-state index contributed by atoms with van der Waals surface area (Å²) >= 11 is 0. The molecule has 0 atom stereocenters. The van der Waals surface area contributed by atoms with Crippen LogP contribution in [0.5, 0.6) is 0 Å². The van der Waals surface area contributed by atoms with E-state index in [0.717, 1.165) is 0 Å². The maximum atomic E-state index is 6.59. The van der Waals surface area contributed by atoms with Gasteiger partial charge in [-0.3, -0.25) is 11.8 Å². The molecule has 0 amide bonds. The van der Waals surface area contributed by atoms with E-state index in [4.69, 9.17) is 6.42 Å².